The molecule has 0 aliphatic heterocycles. The molecule has 1 amide bonds. The van der Waals surface area contributed by atoms with E-state index in [-0.39, 0.29) is 17.8 Å². The fourth-order valence-corrected chi connectivity index (χ4v) is 2.89. The van der Waals surface area contributed by atoms with E-state index in [1.807, 2.05) is 31.2 Å². The summed E-state index contributed by atoms with van der Waals surface area (Å²) in [6.07, 6.45) is 0. The van der Waals surface area contributed by atoms with Crippen molar-refractivity contribution in [1.29, 1.82) is 0 Å². The summed E-state index contributed by atoms with van der Waals surface area (Å²) < 4.78 is 12.8. The van der Waals surface area contributed by atoms with Crippen LogP contribution in [0.15, 0.2) is 48.5 Å². The van der Waals surface area contributed by atoms with Gasteiger partial charge in [0.2, 0.25) is 5.91 Å². The molecule has 0 saturated heterocycles. The minimum Gasteiger partial charge on any atom is -0.349 e. The number of nitrogens with one attached hydrogen (secondary N) is 1. The molecule has 0 radical (unpaired) electrons. The lowest BCUT2D eigenvalue weighted by Gasteiger charge is -2.14. The minimum atomic E-state index is -0.247. The summed E-state index contributed by atoms with van der Waals surface area (Å²) in [5, 5.41) is 3.63. The van der Waals surface area contributed by atoms with Crippen molar-refractivity contribution >= 4 is 29.3 Å². The molecule has 0 fully saturated rings. The van der Waals surface area contributed by atoms with Crippen molar-refractivity contribution in [1.82, 2.24) is 5.32 Å². The van der Waals surface area contributed by atoms with Crippen LogP contribution in [0, 0.1) is 5.82 Å². The Balaban J connectivity index is 1.75. The molecule has 1 atom stereocenters. The average Bonchev–Trinajstić information content (AvgIpc) is 2.50. The zero-order valence-corrected chi connectivity index (χ0v) is 13.8. The van der Waals surface area contributed by atoms with Crippen LogP contribution in [0.25, 0.3) is 0 Å². The molecular weight excluding hydrogens is 321 g/mol. The summed E-state index contributed by atoms with van der Waals surface area (Å²) in [5.41, 5.74) is 2.02. The predicted octanol–water partition coefficient (Wildman–Crippen LogP) is 4.59. The Hall–Kier alpha value is -1.52. The van der Waals surface area contributed by atoms with Crippen LogP contribution in [0.5, 0.6) is 0 Å². The molecule has 0 bridgehead atoms. The van der Waals surface area contributed by atoms with E-state index >= 15 is 0 Å². The van der Waals surface area contributed by atoms with E-state index in [9.17, 15) is 9.18 Å². The number of amides is 1. The molecule has 2 aromatic rings. The van der Waals surface area contributed by atoms with Crippen LogP contribution in [0.1, 0.15) is 24.1 Å². The molecule has 2 rings (SSSR count). The van der Waals surface area contributed by atoms with Crippen molar-refractivity contribution in [3.8, 4) is 0 Å². The van der Waals surface area contributed by atoms with Gasteiger partial charge in [-0.15, -0.1) is 11.8 Å². The van der Waals surface area contributed by atoms with E-state index in [0.29, 0.717) is 16.5 Å². The number of carbonyl (C=O) groups is 1. The maximum Gasteiger partial charge on any atom is 0.230 e. The van der Waals surface area contributed by atoms with Crippen LogP contribution in [0.4, 0.5) is 4.39 Å². The van der Waals surface area contributed by atoms with Crippen molar-refractivity contribution in [2.75, 3.05) is 5.75 Å². The van der Waals surface area contributed by atoms with Gasteiger partial charge in [-0.1, -0.05) is 35.9 Å². The summed E-state index contributed by atoms with van der Waals surface area (Å²) in [5.74, 6) is 0.788. The van der Waals surface area contributed by atoms with Crippen LogP contribution >= 0.6 is 23.4 Å². The lowest BCUT2D eigenvalue weighted by atomic mass is 10.1. The van der Waals surface area contributed by atoms with Gasteiger partial charge < -0.3 is 5.32 Å². The van der Waals surface area contributed by atoms with Crippen LogP contribution in [-0.4, -0.2) is 11.7 Å². The first-order chi connectivity index (χ1) is 10.5. The monoisotopic (exact) mass is 337 g/mol. The summed E-state index contributed by atoms with van der Waals surface area (Å²) in [7, 11) is 0. The van der Waals surface area contributed by atoms with E-state index in [1.165, 1.54) is 23.9 Å². The molecule has 116 valence electrons. The Kier molecular flexibility index (Phi) is 6.28. The Morgan fingerprint density at radius 3 is 2.45 bits per heavy atom. The average molecular weight is 338 g/mol. The standard InChI is InChI=1S/C17H17ClFNOS/c1-12(14-4-6-15(18)7-5-14)20-17(21)11-22-10-13-2-8-16(19)9-3-13/h2-9,12H,10-11H2,1H3,(H,20,21)/t12-/m1/s1. The number of hydrogen-bond donors (Lipinski definition) is 1. The third-order valence-electron chi connectivity index (χ3n) is 3.16. The fraction of sp³-hybridized carbons (Fsp3) is 0.235. The second kappa shape index (κ2) is 8.20. The Morgan fingerprint density at radius 2 is 1.82 bits per heavy atom. The van der Waals surface area contributed by atoms with Crippen molar-refractivity contribution in [3.63, 3.8) is 0 Å². The van der Waals surface area contributed by atoms with Crippen LogP contribution in [0.3, 0.4) is 0 Å². The first-order valence-electron chi connectivity index (χ1n) is 6.91. The van der Waals surface area contributed by atoms with Gasteiger partial charge in [-0.3, -0.25) is 4.79 Å². The van der Waals surface area contributed by atoms with E-state index < -0.39 is 0 Å². The minimum absolute atomic E-state index is 0.0189. The number of rotatable bonds is 6. The van der Waals surface area contributed by atoms with Crippen LogP contribution < -0.4 is 5.32 Å². The number of benzene rings is 2. The number of thioether (sulfide) groups is 1. The Morgan fingerprint density at radius 1 is 1.18 bits per heavy atom. The van der Waals surface area contributed by atoms with Gasteiger partial charge in [-0.05, 0) is 42.3 Å². The number of halogens is 2. The Labute approximate surface area is 139 Å². The van der Waals surface area contributed by atoms with Gasteiger partial charge in [0.05, 0.1) is 11.8 Å². The first-order valence-corrected chi connectivity index (χ1v) is 8.45. The first kappa shape index (κ1) is 16.8. The highest BCUT2D eigenvalue weighted by Gasteiger charge is 2.09. The summed E-state index contributed by atoms with van der Waals surface area (Å²) in [6, 6.07) is 13.7. The highest BCUT2D eigenvalue weighted by molar-refractivity contribution is 7.99. The van der Waals surface area contributed by atoms with Crippen LogP contribution in [0.2, 0.25) is 5.02 Å². The molecular formula is C17H17ClFNOS. The van der Waals surface area contributed by atoms with Crippen LogP contribution in [-0.2, 0) is 10.5 Å². The lowest BCUT2D eigenvalue weighted by molar-refractivity contribution is -0.119. The molecule has 2 nitrogen and oxygen atoms in total. The second-order valence-electron chi connectivity index (χ2n) is 4.96. The zero-order chi connectivity index (χ0) is 15.9. The highest BCUT2D eigenvalue weighted by atomic mass is 35.5. The van der Waals surface area contributed by atoms with E-state index in [2.05, 4.69) is 5.32 Å². The molecule has 0 heterocycles. The highest BCUT2D eigenvalue weighted by Crippen LogP contribution is 2.17. The van der Waals surface area contributed by atoms with E-state index in [1.54, 1.807) is 12.1 Å². The normalized spacial score (nSPS) is 12.0. The Bertz CT molecular complexity index is 616. The van der Waals surface area contributed by atoms with Gasteiger partial charge in [-0.25, -0.2) is 4.39 Å². The molecule has 0 aliphatic carbocycles. The fourth-order valence-electron chi connectivity index (χ4n) is 1.96. The topological polar surface area (TPSA) is 29.1 Å². The van der Waals surface area contributed by atoms with Gasteiger partial charge in [0, 0.05) is 10.8 Å². The number of carbonyl (C=O) groups excluding carboxylic acids is 1. The molecule has 0 saturated carbocycles. The van der Waals surface area contributed by atoms with E-state index in [0.717, 1.165) is 11.1 Å². The van der Waals surface area contributed by atoms with Gasteiger partial charge in [0.15, 0.2) is 0 Å². The largest absolute Gasteiger partial charge is 0.349 e. The van der Waals surface area contributed by atoms with Crippen molar-refractivity contribution in [2.45, 2.75) is 18.7 Å². The lowest BCUT2D eigenvalue weighted by Crippen LogP contribution is -2.28. The molecule has 1 N–H and O–H groups in total. The van der Waals surface area contributed by atoms with Gasteiger partial charge in [0.25, 0.3) is 0 Å². The maximum absolute atomic E-state index is 12.8. The third-order valence-corrected chi connectivity index (χ3v) is 4.42. The molecule has 0 spiro atoms. The summed E-state index contributed by atoms with van der Waals surface area (Å²) in [4.78, 5) is 11.9. The molecule has 22 heavy (non-hydrogen) atoms. The molecule has 0 aliphatic rings. The third kappa shape index (κ3) is 5.35. The van der Waals surface area contributed by atoms with Crippen molar-refractivity contribution in [2.24, 2.45) is 0 Å². The SMILES string of the molecule is C[C@@H](NC(=O)CSCc1ccc(F)cc1)c1ccc(Cl)cc1. The van der Waals surface area contributed by atoms with Gasteiger partial charge >= 0.3 is 0 Å². The molecule has 0 aromatic heterocycles. The molecule has 2 aromatic carbocycles. The van der Waals surface area contributed by atoms with E-state index in [4.69, 9.17) is 11.6 Å². The second-order valence-corrected chi connectivity index (χ2v) is 6.38. The smallest absolute Gasteiger partial charge is 0.230 e. The van der Waals surface area contributed by atoms with Gasteiger partial charge in [-0.2, -0.15) is 0 Å². The maximum atomic E-state index is 12.8. The summed E-state index contributed by atoms with van der Waals surface area (Å²) in [6.45, 7) is 1.94. The van der Waals surface area contributed by atoms with Crippen molar-refractivity contribution < 1.29 is 9.18 Å². The predicted molar refractivity (Wildman–Crippen MR) is 90.6 cm³/mol. The molecule has 0 unspecified atom stereocenters. The quantitative estimate of drug-likeness (QED) is 0.835. The van der Waals surface area contributed by atoms with Gasteiger partial charge in [0.1, 0.15) is 5.82 Å². The number of hydrogen-bond acceptors (Lipinski definition) is 2. The summed E-state index contributed by atoms with van der Waals surface area (Å²) >= 11 is 7.35. The molecule has 5 heteroatoms. The van der Waals surface area contributed by atoms with Crippen molar-refractivity contribution in [3.05, 3.63) is 70.5 Å². The zero-order valence-electron chi connectivity index (χ0n) is 12.2.